The lowest BCUT2D eigenvalue weighted by atomic mass is 9.78. The van der Waals surface area contributed by atoms with E-state index in [-0.39, 0.29) is 24.5 Å². The summed E-state index contributed by atoms with van der Waals surface area (Å²) in [5.41, 5.74) is 2.16. The Morgan fingerprint density at radius 1 is 1.31 bits per heavy atom. The van der Waals surface area contributed by atoms with Crippen LogP contribution in [0.5, 0.6) is 0 Å². The number of hydrogen-bond acceptors (Lipinski definition) is 10. The number of carbonyl (C=O) groups is 1. The third-order valence-electron chi connectivity index (χ3n) is 6.49. The second-order valence-corrected chi connectivity index (χ2v) is 10.6. The van der Waals surface area contributed by atoms with Gasteiger partial charge in [0.2, 0.25) is 0 Å². The van der Waals surface area contributed by atoms with Crippen molar-refractivity contribution < 1.29 is 22.1 Å². The molecule has 0 radical (unpaired) electrons. The molecule has 0 amide bonds. The van der Waals surface area contributed by atoms with Crippen LogP contribution in [0.25, 0.3) is 0 Å². The third-order valence-corrected chi connectivity index (χ3v) is 7.05. The first kappa shape index (κ1) is 24.4. The quantitative estimate of drug-likeness (QED) is 0.423. The zero-order valence-corrected chi connectivity index (χ0v) is 20.4. The number of aromatic nitrogens is 1. The van der Waals surface area contributed by atoms with Crippen molar-refractivity contribution in [2.75, 3.05) is 45.0 Å². The molecule has 32 heavy (non-hydrogen) atoms. The molecule has 0 spiro atoms. The van der Waals surface area contributed by atoms with Crippen LogP contribution in [0, 0.1) is 11.3 Å². The smallest absolute Gasteiger partial charge is 0.311 e. The third kappa shape index (κ3) is 5.03. The van der Waals surface area contributed by atoms with Gasteiger partial charge in [-0.3, -0.25) is 19.0 Å². The number of hydrogen-bond donors (Lipinski definition) is 0. The molecule has 0 N–H and O–H groups in total. The number of aryl methyl sites for hydroxylation is 1. The fourth-order valence-corrected chi connectivity index (χ4v) is 4.74. The van der Waals surface area contributed by atoms with E-state index in [0.717, 1.165) is 49.3 Å². The molecule has 11 heteroatoms. The molecule has 3 heterocycles. The summed E-state index contributed by atoms with van der Waals surface area (Å²) in [6.45, 7) is 7.48. The van der Waals surface area contributed by atoms with Crippen LogP contribution in [-0.4, -0.2) is 70.5 Å². The molecule has 3 atom stereocenters. The lowest BCUT2D eigenvalue weighted by molar-refractivity contribution is -0.153. The van der Waals surface area contributed by atoms with Gasteiger partial charge in [-0.15, -0.1) is 0 Å². The van der Waals surface area contributed by atoms with Crippen molar-refractivity contribution in [3.63, 3.8) is 0 Å². The van der Waals surface area contributed by atoms with Crippen molar-refractivity contribution in [1.82, 2.24) is 9.99 Å². The van der Waals surface area contributed by atoms with Gasteiger partial charge in [0, 0.05) is 20.1 Å². The topological polar surface area (TPSA) is 114 Å². The number of rotatable bonds is 8. The van der Waals surface area contributed by atoms with Gasteiger partial charge in [0.15, 0.2) is 0 Å². The Morgan fingerprint density at radius 3 is 2.66 bits per heavy atom. The van der Waals surface area contributed by atoms with E-state index < -0.39 is 21.6 Å². The van der Waals surface area contributed by atoms with Crippen molar-refractivity contribution in [2.45, 2.75) is 45.7 Å². The SMILES string of the molecule is CCc1nc(C2N=NN(C)C2COS(C)(=O)=O)ccc1N1CC[C@@H](C(C)(C)C(=O)OC)C1. The highest BCUT2D eigenvalue weighted by Crippen LogP contribution is 2.38. The van der Waals surface area contributed by atoms with Crippen LogP contribution in [0.3, 0.4) is 0 Å². The summed E-state index contributed by atoms with van der Waals surface area (Å²) in [5, 5.41) is 9.98. The number of nitrogens with zero attached hydrogens (tertiary/aromatic N) is 5. The lowest BCUT2D eigenvalue weighted by Gasteiger charge is -2.29. The zero-order chi connectivity index (χ0) is 23.7. The number of esters is 1. The van der Waals surface area contributed by atoms with Crippen molar-refractivity contribution in [2.24, 2.45) is 21.7 Å². The summed E-state index contributed by atoms with van der Waals surface area (Å²) in [6.07, 6.45) is 2.66. The Kier molecular flexibility index (Phi) is 7.09. The first-order chi connectivity index (χ1) is 15.0. The average Bonchev–Trinajstić information content (AvgIpc) is 3.38. The second kappa shape index (κ2) is 9.30. The van der Waals surface area contributed by atoms with Gasteiger partial charge in [0.05, 0.1) is 42.5 Å². The normalized spacial score (nSPS) is 23.8. The number of methoxy groups -OCH3 is 1. The highest BCUT2D eigenvalue weighted by Gasteiger charge is 2.42. The Morgan fingerprint density at radius 2 is 2.03 bits per heavy atom. The molecule has 10 nitrogen and oxygen atoms in total. The number of anilines is 1. The minimum absolute atomic E-state index is 0.0473. The van der Waals surface area contributed by atoms with E-state index in [4.69, 9.17) is 13.9 Å². The molecule has 2 unspecified atom stereocenters. The first-order valence-electron chi connectivity index (χ1n) is 10.8. The Balaban J connectivity index is 1.79. The van der Waals surface area contributed by atoms with Crippen LogP contribution in [0.2, 0.25) is 0 Å². The van der Waals surface area contributed by atoms with Gasteiger partial charge in [-0.2, -0.15) is 13.5 Å². The van der Waals surface area contributed by atoms with Crippen LogP contribution in [0.1, 0.15) is 44.6 Å². The van der Waals surface area contributed by atoms with Gasteiger partial charge in [0.25, 0.3) is 10.1 Å². The standard InChI is InChI=1S/C21H33N5O5S/c1-7-15-17(26-11-10-14(12-26)21(2,3)20(27)30-5)9-8-16(22-15)19-18(25(4)24-23-19)13-31-32(6,28)29/h8-9,14,18-19H,7,10-13H2,1-6H3/t14-,18?,19?/m1/s1. The number of carbonyl (C=O) groups excluding carboxylic acids is 1. The highest BCUT2D eigenvalue weighted by atomic mass is 32.2. The van der Waals surface area contributed by atoms with Gasteiger partial charge in [-0.05, 0) is 44.7 Å². The summed E-state index contributed by atoms with van der Waals surface area (Å²) in [4.78, 5) is 19.4. The highest BCUT2D eigenvalue weighted by molar-refractivity contribution is 7.85. The van der Waals surface area contributed by atoms with Gasteiger partial charge in [0.1, 0.15) is 12.1 Å². The number of likely N-dealkylation sites (N-methyl/N-ethyl adjacent to an activating group) is 1. The molecule has 0 aromatic carbocycles. The summed E-state index contributed by atoms with van der Waals surface area (Å²) < 4.78 is 32.9. The molecule has 0 saturated carbocycles. The molecule has 1 saturated heterocycles. The summed E-state index contributed by atoms with van der Waals surface area (Å²) in [5.74, 6) is 0.000688. The molecule has 2 aliphatic heterocycles. The maximum atomic E-state index is 12.2. The van der Waals surface area contributed by atoms with Crippen molar-refractivity contribution in [3.05, 3.63) is 23.5 Å². The van der Waals surface area contributed by atoms with Crippen LogP contribution >= 0.6 is 0 Å². The van der Waals surface area contributed by atoms with E-state index in [9.17, 15) is 13.2 Å². The maximum absolute atomic E-state index is 12.2. The van der Waals surface area contributed by atoms with E-state index in [1.165, 1.54) is 7.11 Å². The van der Waals surface area contributed by atoms with Gasteiger partial charge >= 0.3 is 5.97 Å². The van der Waals surface area contributed by atoms with Crippen molar-refractivity contribution >= 4 is 21.8 Å². The predicted octanol–water partition coefficient (Wildman–Crippen LogP) is 2.37. The molecule has 1 aromatic rings. The molecular weight excluding hydrogens is 434 g/mol. The monoisotopic (exact) mass is 467 g/mol. The fourth-order valence-electron chi connectivity index (χ4n) is 4.35. The molecule has 178 valence electrons. The molecule has 0 aliphatic carbocycles. The average molecular weight is 468 g/mol. The molecule has 1 aromatic heterocycles. The minimum atomic E-state index is -3.57. The fraction of sp³-hybridized carbons (Fsp3) is 0.714. The van der Waals surface area contributed by atoms with E-state index in [1.54, 1.807) is 12.1 Å². The Hall–Kier alpha value is -2.27. The zero-order valence-electron chi connectivity index (χ0n) is 19.6. The maximum Gasteiger partial charge on any atom is 0.311 e. The first-order valence-corrected chi connectivity index (χ1v) is 12.6. The van der Waals surface area contributed by atoms with E-state index >= 15 is 0 Å². The lowest BCUT2D eigenvalue weighted by Crippen LogP contribution is -2.36. The van der Waals surface area contributed by atoms with Crippen molar-refractivity contribution in [1.29, 1.82) is 0 Å². The van der Waals surface area contributed by atoms with E-state index in [2.05, 4.69) is 15.2 Å². The van der Waals surface area contributed by atoms with Gasteiger partial charge < -0.3 is 9.64 Å². The summed E-state index contributed by atoms with van der Waals surface area (Å²) in [7, 11) is -0.397. The van der Waals surface area contributed by atoms with Gasteiger partial charge in [-0.25, -0.2) is 0 Å². The minimum Gasteiger partial charge on any atom is -0.469 e. The number of pyridine rings is 1. The van der Waals surface area contributed by atoms with Crippen molar-refractivity contribution in [3.8, 4) is 0 Å². The predicted molar refractivity (Wildman–Crippen MR) is 120 cm³/mol. The number of ether oxygens (including phenoxy) is 1. The molecule has 2 aliphatic rings. The molecule has 1 fully saturated rings. The second-order valence-electron chi connectivity index (χ2n) is 8.98. The molecule has 3 rings (SSSR count). The molecular formula is C21H33N5O5S. The van der Waals surface area contributed by atoms with Crippen LogP contribution in [-0.2, 0) is 30.3 Å². The van der Waals surface area contributed by atoms with Crippen LogP contribution in [0.15, 0.2) is 22.5 Å². The van der Waals surface area contributed by atoms with Crippen LogP contribution < -0.4 is 4.90 Å². The van der Waals surface area contributed by atoms with Gasteiger partial charge in [-0.1, -0.05) is 12.1 Å². The Labute approximate surface area is 190 Å². The summed E-state index contributed by atoms with van der Waals surface area (Å²) in [6, 6.07) is 3.19. The largest absolute Gasteiger partial charge is 0.469 e. The van der Waals surface area contributed by atoms with E-state index in [1.807, 2.05) is 32.9 Å². The van der Waals surface area contributed by atoms with E-state index in [0.29, 0.717) is 0 Å². The summed E-state index contributed by atoms with van der Waals surface area (Å²) >= 11 is 0. The molecule has 0 bridgehead atoms. The Bertz CT molecular complexity index is 981. The van der Waals surface area contributed by atoms with Crippen LogP contribution in [0.4, 0.5) is 5.69 Å².